The molecule has 45 heavy (non-hydrogen) atoms. The average Bonchev–Trinajstić information content (AvgIpc) is 3.80. The van der Waals surface area contributed by atoms with E-state index in [1.807, 2.05) is 20.8 Å². The Kier molecular flexibility index (Phi) is 9.52. The number of ketones is 3. The molecule has 1 aromatic carbocycles. The number of phenolic OH excluding ortho intramolecular Hbond substituents is 1. The van der Waals surface area contributed by atoms with Gasteiger partial charge < -0.3 is 26.4 Å². The van der Waals surface area contributed by atoms with Crippen LogP contribution in [-0.2, 0) is 19.2 Å². The first kappa shape index (κ1) is 34.1. The van der Waals surface area contributed by atoms with E-state index in [9.17, 15) is 33.9 Å². The Morgan fingerprint density at radius 1 is 1.02 bits per heavy atom. The molecule has 11 nitrogen and oxygen atoms in total. The third kappa shape index (κ3) is 7.39. The van der Waals surface area contributed by atoms with Crippen molar-refractivity contribution in [1.29, 1.82) is 0 Å². The Morgan fingerprint density at radius 2 is 1.62 bits per heavy atom. The van der Waals surface area contributed by atoms with Gasteiger partial charge in [0.05, 0.1) is 12.1 Å². The van der Waals surface area contributed by atoms with Crippen molar-refractivity contribution in [2.75, 3.05) is 6.54 Å². The standard InChI is InChI=1S/C34H48N4O7/c1-17(2)25(27(41)19-10-12-21(39)13-11-19)36-32(45)37-29(33(3,4)5)31(44)38-16-22-24(34(22,6)7)26(38)23(40)15-20(14-18-8-9-18)28(42)30(35)43/h10-13,17-18,20,22,24-26,29,39H,8-9,14-16H2,1-7H3,(H2,35,43)(H2,36,37,45)/t20?,22-,24-,25-,26+,29+/m0/s1. The minimum atomic E-state index is -1.05. The van der Waals surface area contributed by atoms with Crippen molar-refractivity contribution in [2.45, 2.75) is 92.3 Å². The number of aromatic hydroxyl groups is 1. The highest BCUT2D eigenvalue weighted by molar-refractivity contribution is 6.36. The summed E-state index contributed by atoms with van der Waals surface area (Å²) < 4.78 is 0. The molecule has 4 rings (SSSR count). The Balaban J connectivity index is 1.53. The summed E-state index contributed by atoms with van der Waals surface area (Å²) in [6, 6.07) is 2.36. The number of nitrogens with zero attached hydrogens (tertiary/aromatic N) is 1. The largest absolute Gasteiger partial charge is 0.508 e. The van der Waals surface area contributed by atoms with Gasteiger partial charge in [0.2, 0.25) is 11.7 Å². The molecule has 0 spiro atoms. The minimum absolute atomic E-state index is 0.0162. The molecule has 1 aromatic rings. The first-order valence-electron chi connectivity index (χ1n) is 15.9. The predicted molar refractivity (Wildman–Crippen MR) is 167 cm³/mol. The number of carbonyl (C=O) groups is 6. The number of benzene rings is 1. The number of amides is 4. The molecule has 1 aliphatic heterocycles. The van der Waals surface area contributed by atoms with Crippen LogP contribution in [0.15, 0.2) is 24.3 Å². The van der Waals surface area contributed by atoms with E-state index in [1.165, 1.54) is 24.3 Å². The molecular weight excluding hydrogens is 576 g/mol. The van der Waals surface area contributed by atoms with Crippen molar-refractivity contribution in [3.05, 3.63) is 29.8 Å². The number of fused-ring (bicyclic) bond motifs is 1. The zero-order valence-electron chi connectivity index (χ0n) is 27.4. The SMILES string of the molecule is CC(C)[C@H](NC(=O)N[C@H](C(=O)N1C[C@H]2[C@@H]([C@H]1C(=O)CC(CC1CC1)C(=O)C(N)=O)C2(C)C)C(C)(C)C)C(=O)c1ccc(O)cc1. The molecule has 6 atom stereocenters. The number of phenols is 1. The van der Waals surface area contributed by atoms with Crippen LogP contribution in [0.25, 0.3) is 0 Å². The summed E-state index contributed by atoms with van der Waals surface area (Å²) in [5, 5.41) is 15.1. The molecule has 4 amide bonds. The predicted octanol–water partition coefficient (Wildman–Crippen LogP) is 3.23. The van der Waals surface area contributed by atoms with Crippen molar-refractivity contribution in [3.63, 3.8) is 0 Å². The van der Waals surface area contributed by atoms with Crippen molar-refractivity contribution < 1.29 is 33.9 Å². The Hall–Kier alpha value is -3.76. The number of primary amides is 1. The van der Waals surface area contributed by atoms with Crippen LogP contribution in [0.1, 0.15) is 84.5 Å². The topological polar surface area (TPSA) is 176 Å². The number of piperidine rings is 1. The number of likely N-dealkylation sites (tertiary alicyclic amines) is 1. The third-order valence-corrected chi connectivity index (χ3v) is 9.97. The molecule has 0 bridgehead atoms. The molecule has 0 radical (unpaired) electrons. The molecule has 5 N–H and O–H groups in total. The molecule has 11 heteroatoms. The number of urea groups is 1. The summed E-state index contributed by atoms with van der Waals surface area (Å²) in [6.07, 6.45) is 2.16. The second-order valence-corrected chi connectivity index (χ2v) is 15.2. The fraction of sp³-hybridized carbons (Fsp3) is 0.647. The molecule has 3 aliphatic rings. The number of nitrogens with one attached hydrogen (secondary N) is 2. The molecule has 246 valence electrons. The van der Waals surface area contributed by atoms with Gasteiger partial charge in [-0.3, -0.25) is 24.0 Å². The van der Waals surface area contributed by atoms with E-state index >= 15 is 0 Å². The van der Waals surface area contributed by atoms with E-state index in [2.05, 4.69) is 24.5 Å². The lowest BCUT2D eigenvalue weighted by Gasteiger charge is -2.38. The molecule has 0 aromatic heterocycles. The van der Waals surface area contributed by atoms with Crippen LogP contribution in [-0.4, -0.2) is 69.9 Å². The number of carbonyl (C=O) groups excluding carboxylic acids is 6. The first-order valence-corrected chi connectivity index (χ1v) is 15.9. The molecule has 1 unspecified atom stereocenters. The number of hydrogen-bond donors (Lipinski definition) is 4. The first-order chi connectivity index (χ1) is 20.8. The quantitative estimate of drug-likeness (QED) is 0.192. The molecule has 2 aliphatic carbocycles. The lowest BCUT2D eigenvalue weighted by molar-refractivity contribution is -0.144. The highest BCUT2D eigenvalue weighted by atomic mass is 16.3. The van der Waals surface area contributed by atoms with Crippen LogP contribution in [0.2, 0.25) is 0 Å². The second kappa shape index (κ2) is 12.6. The summed E-state index contributed by atoms with van der Waals surface area (Å²) >= 11 is 0. The van der Waals surface area contributed by atoms with Crippen LogP contribution in [0, 0.1) is 40.4 Å². The van der Waals surface area contributed by atoms with Crippen LogP contribution in [0.4, 0.5) is 4.79 Å². The van der Waals surface area contributed by atoms with Gasteiger partial charge in [0, 0.05) is 24.4 Å². The monoisotopic (exact) mass is 624 g/mol. The molecule has 1 saturated heterocycles. The number of hydrogen-bond acceptors (Lipinski definition) is 7. The maximum absolute atomic E-state index is 14.2. The Bertz CT molecular complexity index is 1360. The smallest absolute Gasteiger partial charge is 0.316 e. The summed E-state index contributed by atoms with van der Waals surface area (Å²) in [7, 11) is 0. The van der Waals surface area contributed by atoms with Crippen LogP contribution in [0.3, 0.4) is 0 Å². The van der Waals surface area contributed by atoms with Gasteiger partial charge >= 0.3 is 6.03 Å². The lowest BCUT2D eigenvalue weighted by atomic mass is 9.84. The molecule has 1 heterocycles. The van der Waals surface area contributed by atoms with E-state index in [1.54, 1.807) is 18.7 Å². The van der Waals surface area contributed by atoms with Gasteiger partial charge in [0.15, 0.2) is 11.6 Å². The second-order valence-electron chi connectivity index (χ2n) is 15.2. The number of Topliss-reactive ketones (excluding diaryl/α,β-unsaturated/α-hetero) is 3. The number of nitrogens with two attached hydrogens (primary N) is 1. The normalized spacial score (nSPS) is 23.8. The van der Waals surface area contributed by atoms with Gasteiger partial charge in [0.25, 0.3) is 5.91 Å². The Morgan fingerprint density at radius 3 is 2.13 bits per heavy atom. The van der Waals surface area contributed by atoms with Gasteiger partial charge in [-0.15, -0.1) is 0 Å². The van der Waals surface area contributed by atoms with Gasteiger partial charge in [-0.1, -0.05) is 61.3 Å². The van der Waals surface area contributed by atoms with Gasteiger partial charge in [-0.25, -0.2) is 4.79 Å². The van der Waals surface area contributed by atoms with Crippen LogP contribution in [0.5, 0.6) is 5.75 Å². The maximum Gasteiger partial charge on any atom is 0.316 e. The van der Waals surface area contributed by atoms with Gasteiger partial charge in [0.1, 0.15) is 11.8 Å². The van der Waals surface area contributed by atoms with E-state index in [-0.39, 0.29) is 46.9 Å². The summed E-state index contributed by atoms with van der Waals surface area (Å²) in [5.74, 6) is -3.59. The van der Waals surface area contributed by atoms with Crippen molar-refractivity contribution in [3.8, 4) is 5.75 Å². The zero-order valence-corrected chi connectivity index (χ0v) is 27.4. The summed E-state index contributed by atoms with van der Waals surface area (Å²) in [4.78, 5) is 80.7. The maximum atomic E-state index is 14.2. The van der Waals surface area contributed by atoms with Gasteiger partial charge in [-0.05, 0) is 65.2 Å². The van der Waals surface area contributed by atoms with Crippen LogP contribution >= 0.6 is 0 Å². The average molecular weight is 625 g/mol. The summed E-state index contributed by atoms with van der Waals surface area (Å²) in [5.41, 5.74) is 4.72. The molecular formula is C34H48N4O7. The van der Waals surface area contributed by atoms with Crippen molar-refractivity contribution in [1.82, 2.24) is 15.5 Å². The van der Waals surface area contributed by atoms with E-state index in [4.69, 9.17) is 5.73 Å². The lowest BCUT2D eigenvalue weighted by Crippen LogP contribution is -2.61. The van der Waals surface area contributed by atoms with E-state index in [0.717, 1.165) is 12.8 Å². The fourth-order valence-corrected chi connectivity index (χ4v) is 6.96. The highest BCUT2D eigenvalue weighted by Gasteiger charge is 2.69. The van der Waals surface area contributed by atoms with Crippen LogP contribution < -0.4 is 16.4 Å². The zero-order chi connectivity index (χ0) is 33.6. The van der Waals surface area contributed by atoms with E-state index in [0.29, 0.717) is 24.4 Å². The highest BCUT2D eigenvalue weighted by Crippen LogP contribution is 2.65. The molecule has 3 fully saturated rings. The fourth-order valence-electron chi connectivity index (χ4n) is 6.96. The van der Waals surface area contributed by atoms with Crippen molar-refractivity contribution in [2.24, 2.45) is 46.2 Å². The number of rotatable bonds is 13. The Labute approximate surface area is 265 Å². The minimum Gasteiger partial charge on any atom is -0.508 e. The van der Waals surface area contributed by atoms with Gasteiger partial charge in [-0.2, -0.15) is 0 Å². The third-order valence-electron chi connectivity index (χ3n) is 9.97. The summed E-state index contributed by atoms with van der Waals surface area (Å²) in [6.45, 7) is 13.5. The molecule has 2 saturated carbocycles. The van der Waals surface area contributed by atoms with E-state index < -0.39 is 53.1 Å². The van der Waals surface area contributed by atoms with Crippen molar-refractivity contribution >= 4 is 35.2 Å².